The van der Waals surface area contributed by atoms with Crippen LogP contribution in [0.5, 0.6) is 0 Å². The van der Waals surface area contributed by atoms with E-state index < -0.39 is 0 Å². The van der Waals surface area contributed by atoms with Crippen LogP contribution in [-0.4, -0.2) is 24.5 Å². The molecule has 0 unspecified atom stereocenters. The Balaban J connectivity index is 1.22. The molecule has 5 nitrogen and oxygen atoms in total. The highest BCUT2D eigenvalue weighted by Gasteiger charge is 2.22. The van der Waals surface area contributed by atoms with Crippen LogP contribution >= 0.6 is 22.7 Å². The molecule has 7 heteroatoms. The fraction of sp³-hybridized carbons (Fsp3) is 0. The lowest BCUT2D eigenvalue weighted by molar-refractivity contribution is 1.07. The lowest BCUT2D eigenvalue weighted by Gasteiger charge is -2.16. The zero-order chi connectivity index (χ0) is 34.9. The third kappa shape index (κ3) is 4.89. The highest BCUT2D eigenvalue weighted by atomic mass is 32.1. The Labute approximate surface area is 312 Å². The summed E-state index contributed by atoms with van der Waals surface area (Å²) in [5.41, 5.74) is 8.06. The molecule has 11 rings (SSSR count). The Bertz CT molecular complexity index is 3110. The minimum absolute atomic E-state index is 0.604. The van der Waals surface area contributed by atoms with Gasteiger partial charge in [0.05, 0.1) is 26.9 Å². The molecule has 4 heterocycles. The monoisotopic (exact) mass is 713 g/mol. The second kappa shape index (κ2) is 12.0. The van der Waals surface area contributed by atoms with Crippen LogP contribution in [0.15, 0.2) is 164 Å². The first-order valence-corrected chi connectivity index (χ1v) is 19.1. The van der Waals surface area contributed by atoms with Gasteiger partial charge >= 0.3 is 0 Å². The number of para-hydroxylation sites is 3. The first-order valence-electron chi connectivity index (χ1n) is 17.5. The minimum atomic E-state index is 0.604. The number of hydrogen-bond acceptors (Lipinski definition) is 6. The van der Waals surface area contributed by atoms with Gasteiger partial charge in [0.25, 0.3) is 0 Å². The number of fused-ring (bicyclic) bond motifs is 7. The normalized spacial score (nSPS) is 11.8. The van der Waals surface area contributed by atoms with Gasteiger partial charge in [0.1, 0.15) is 5.01 Å². The van der Waals surface area contributed by atoms with E-state index in [9.17, 15) is 0 Å². The van der Waals surface area contributed by atoms with E-state index in [1.54, 1.807) is 22.7 Å². The standard InChI is InChI=1S/C46H27N5S2/c1-2-13-28(14-3-1)43-48-44(34-19-12-18-33-32-17-6-10-23-40(32)52-42(33)34)50-45(49-43)35-27-29(46-47-36-20-7-11-24-41(36)53-46)25-26-39(35)51-37-21-8-4-15-30(37)31-16-5-9-22-38(31)51/h1-27H. The molecule has 0 amide bonds. The second-order valence-corrected chi connectivity index (χ2v) is 15.1. The Morgan fingerprint density at radius 1 is 0.396 bits per heavy atom. The van der Waals surface area contributed by atoms with Gasteiger partial charge in [0.2, 0.25) is 0 Å². The number of rotatable bonds is 5. The zero-order valence-electron chi connectivity index (χ0n) is 28.1. The quantitative estimate of drug-likeness (QED) is 0.178. The summed E-state index contributed by atoms with van der Waals surface area (Å²) in [6.45, 7) is 0. The summed E-state index contributed by atoms with van der Waals surface area (Å²) in [5.74, 6) is 1.87. The van der Waals surface area contributed by atoms with Gasteiger partial charge in [0, 0.05) is 53.2 Å². The summed E-state index contributed by atoms with van der Waals surface area (Å²) < 4.78 is 5.90. The summed E-state index contributed by atoms with van der Waals surface area (Å²) >= 11 is 3.48. The van der Waals surface area contributed by atoms with Crippen molar-refractivity contribution in [3.05, 3.63) is 164 Å². The summed E-state index contributed by atoms with van der Waals surface area (Å²) in [6.07, 6.45) is 0. The van der Waals surface area contributed by atoms with Gasteiger partial charge in [-0.2, -0.15) is 0 Å². The lowest BCUT2D eigenvalue weighted by Crippen LogP contribution is -2.04. The van der Waals surface area contributed by atoms with Gasteiger partial charge in [-0.1, -0.05) is 109 Å². The topological polar surface area (TPSA) is 56.5 Å². The van der Waals surface area contributed by atoms with Crippen LogP contribution in [0.1, 0.15) is 0 Å². The van der Waals surface area contributed by atoms with Crippen molar-refractivity contribution in [2.75, 3.05) is 0 Å². The van der Waals surface area contributed by atoms with Crippen LogP contribution in [-0.2, 0) is 0 Å². The van der Waals surface area contributed by atoms with Gasteiger partial charge in [-0.3, -0.25) is 0 Å². The fourth-order valence-corrected chi connectivity index (χ4v) is 9.65. The number of thiazole rings is 1. The van der Waals surface area contributed by atoms with Crippen LogP contribution in [0.2, 0.25) is 0 Å². The Morgan fingerprint density at radius 3 is 1.79 bits per heavy atom. The van der Waals surface area contributed by atoms with Crippen molar-refractivity contribution in [3.63, 3.8) is 0 Å². The number of thiophene rings is 1. The highest BCUT2D eigenvalue weighted by Crippen LogP contribution is 2.42. The highest BCUT2D eigenvalue weighted by molar-refractivity contribution is 7.26. The molecule has 0 saturated heterocycles. The lowest BCUT2D eigenvalue weighted by atomic mass is 10.1. The van der Waals surface area contributed by atoms with Gasteiger partial charge in [-0.15, -0.1) is 22.7 Å². The van der Waals surface area contributed by atoms with Gasteiger partial charge in [0.15, 0.2) is 17.5 Å². The van der Waals surface area contributed by atoms with Crippen LogP contribution in [0.25, 0.3) is 103 Å². The molecule has 248 valence electrons. The molecular formula is C46H27N5S2. The van der Waals surface area contributed by atoms with E-state index in [4.69, 9.17) is 19.9 Å². The molecule has 0 fully saturated rings. The SMILES string of the molecule is c1ccc(-c2nc(-c3cc(-c4nc5ccccc5s4)ccc3-n3c4ccccc4c4ccccc43)nc(-c3cccc4c3sc3ccccc34)n2)cc1. The average molecular weight is 714 g/mol. The van der Waals surface area contributed by atoms with Crippen molar-refractivity contribution >= 4 is 74.9 Å². The maximum atomic E-state index is 5.38. The van der Waals surface area contributed by atoms with E-state index in [1.165, 1.54) is 26.2 Å². The average Bonchev–Trinajstić information content (AvgIpc) is 3.93. The molecule has 4 aromatic heterocycles. The van der Waals surface area contributed by atoms with Crippen molar-refractivity contribution in [1.82, 2.24) is 24.5 Å². The molecule has 0 bridgehead atoms. The van der Waals surface area contributed by atoms with Crippen LogP contribution in [0, 0.1) is 0 Å². The third-order valence-electron chi connectivity index (χ3n) is 9.91. The molecule has 11 aromatic rings. The molecule has 0 aliphatic rings. The van der Waals surface area contributed by atoms with Gasteiger partial charge in [-0.25, -0.2) is 19.9 Å². The Kier molecular flexibility index (Phi) is 6.83. The van der Waals surface area contributed by atoms with Gasteiger partial charge < -0.3 is 4.57 Å². The van der Waals surface area contributed by atoms with E-state index in [0.29, 0.717) is 17.5 Å². The molecule has 0 aliphatic heterocycles. The molecular weight excluding hydrogens is 687 g/mol. The second-order valence-electron chi connectivity index (χ2n) is 13.0. The largest absolute Gasteiger partial charge is 0.309 e. The van der Waals surface area contributed by atoms with E-state index in [2.05, 4.69) is 144 Å². The molecule has 0 saturated carbocycles. The summed E-state index contributed by atoms with van der Waals surface area (Å²) in [5, 5.41) is 5.79. The molecule has 0 radical (unpaired) electrons. The van der Waals surface area contributed by atoms with Crippen molar-refractivity contribution in [2.45, 2.75) is 0 Å². The molecule has 0 aliphatic carbocycles. The summed E-state index contributed by atoms with van der Waals surface area (Å²) in [7, 11) is 0. The third-order valence-corrected chi connectivity index (χ3v) is 12.2. The van der Waals surface area contributed by atoms with E-state index in [1.807, 2.05) is 24.3 Å². The Morgan fingerprint density at radius 2 is 1.02 bits per heavy atom. The van der Waals surface area contributed by atoms with Crippen LogP contribution < -0.4 is 0 Å². The maximum Gasteiger partial charge on any atom is 0.166 e. The fourth-order valence-electron chi connectivity index (χ4n) is 7.48. The van der Waals surface area contributed by atoms with Crippen molar-refractivity contribution in [2.24, 2.45) is 0 Å². The van der Waals surface area contributed by atoms with E-state index >= 15 is 0 Å². The number of aromatic nitrogens is 5. The first kappa shape index (κ1) is 30.1. The molecule has 0 atom stereocenters. The predicted molar refractivity (Wildman–Crippen MR) is 222 cm³/mol. The predicted octanol–water partition coefficient (Wildman–Crippen LogP) is 12.6. The number of hydrogen-bond donors (Lipinski definition) is 0. The maximum absolute atomic E-state index is 5.38. The van der Waals surface area contributed by atoms with Crippen LogP contribution in [0.4, 0.5) is 0 Å². The molecule has 0 N–H and O–H groups in total. The number of nitrogens with zero attached hydrogens (tertiary/aromatic N) is 5. The summed E-state index contributed by atoms with van der Waals surface area (Å²) in [6, 6.07) is 57.3. The van der Waals surface area contributed by atoms with Crippen molar-refractivity contribution in [1.29, 1.82) is 0 Å². The minimum Gasteiger partial charge on any atom is -0.309 e. The Hall–Kier alpha value is -6.54. The molecule has 7 aromatic carbocycles. The van der Waals surface area contributed by atoms with Gasteiger partial charge in [-0.05, 0) is 54.6 Å². The first-order chi connectivity index (χ1) is 26.3. The number of benzene rings is 7. The summed E-state index contributed by atoms with van der Waals surface area (Å²) in [4.78, 5) is 20.9. The molecule has 0 spiro atoms. The van der Waals surface area contributed by atoms with Crippen molar-refractivity contribution < 1.29 is 0 Å². The van der Waals surface area contributed by atoms with Crippen LogP contribution in [0.3, 0.4) is 0 Å². The molecule has 53 heavy (non-hydrogen) atoms. The smallest absolute Gasteiger partial charge is 0.166 e. The van der Waals surface area contributed by atoms with E-state index in [-0.39, 0.29) is 0 Å². The zero-order valence-corrected chi connectivity index (χ0v) is 29.8. The van der Waals surface area contributed by atoms with Crippen molar-refractivity contribution in [3.8, 4) is 50.4 Å². The van der Waals surface area contributed by atoms with E-state index in [0.717, 1.165) is 58.9 Å².